The molecule has 236 valence electrons. The Kier molecular flexibility index (Phi) is 35.4. The molecule has 0 fully saturated rings. The van der Waals surface area contributed by atoms with Crippen LogP contribution in [0, 0.1) is 5.92 Å². The maximum atomic E-state index is 11.5. The van der Waals surface area contributed by atoms with Crippen molar-refractivity contribution in [2.45, 2.75) is 213 Å². The van der Waals surface area contributed by atoms with Crippen LogP contribution < -0.4 is 0 Å². The van der Waals surface area contributed by atoms with Crippen LogP contribution in [0.2, 0.25) is 0 Å². The van der Waals surface area contributed by atoms with Crippen LogP contribution in [0.4, 0.5) is 0 Å². The highest BCUT2D eigenvalue weighted by Crippen LogP contribution is 2.18. The van der Waals surface area contributed by atoms with Gasteiger partial charge in [-0.05, 0) is 64.2 Å². The van der Waals surface area contributed by atoms with Crippen LogP contribution in [0.15, 0.2) is 24.3 Å². The van der Waals surface area contributed by atoms with E-state index in [1.165, 1.54) is 192 Å². The lowest BCUT2D eigenvalue weighted by atomic mass is 9.95. The first-order chi connectivity index (χ1) is 19.8. The molecule has 0 saturated carbocycles. The van der Waals surface area contributed by atoms with Gasteiger partial charge in [-0.1, -0.05) is 173 Å². The molecular formula is C39H74O. The second-order valence-electron chi connectivity index (χ2n) is 12.7. The molecule has 1 unspecified atom stereocenters. The van der Waals surface area contributed by atoms with E-state index in [1.807, 2.05) is 0 Å². The Morgan fingerprint density at radius 1 is 0.350 bits per heavy atom. The van der Waals surface area contributed by atoms with Gasteiger partial charge in [0.2, 0.25) is 0 Å². The fourth-order valence-corrected chi connectivity index (χ4v) is 5.77. The predicted octanol–water partition coefficient (Wildman–Crippen LogP) is 14.0. The summed E-state index contributed by atoms with van der Waals surface area (Å²) >= 11 is 0. The molecule has 0 rings (SSSR count). The average molecular weight is 559 g/mol. The van der Waals surface area contributed by atoms with E-state index < -0.39 is 0 Å². The maximum Gasteiger partial charge on any atom is 0.123 e. The van der Waals surface area contributed by atoms with Crippen molar-refractivity contribution in [2.75, 3.05) is 0 Å². The van der Waals surface area contributed by atoms with Gasteiger partial charge < -0.3 is 4.79 Å². The number of carbonyl (C=O) groups excluding carboxylic acids is 1. The fourth-order valence-electron chi connectivity index (χ4n) is 5.77. The first-order valence-electron chi connectivity index (χ1n) is 18.6. The van der Waals surface area contributed by atoms with Crippen molar-refractivity contribution in [1.82, 2.24) is 0 Å². The van der Waals surface area contributed by atoms with E-state index in [0.717, 1.165) is 12.8 Å². The molecule has 0 heterocycles. The van der Waals surface area contributed by atoms with Gasteiger partial charge in [-0.15, -0.1) is 0 Å². The smallest absolute Gasteiger partial charge is 0.123 e. The summed E-state index contributed by atoms with van der Waals surface area (Å²) in [5, 5.41) is 0. The molecular weight excluding hydrogens is 484 g/mol. The van der Waals surface area contributed by atoms with Crippen LogP contribution >= 0.6 is 0 Å². The summed E-state index contributed by atoms with van der Waals surface area (Å²) in [6.07, 6.45) is 52.5. The predicted molar refractivity (Wildman–Crippen MR) is 182 cm³/mol. The lowest BCUT2D eigenvalue weighted by molar-refractivity contribution is -0.111. The summed E-state index contributed by atoms with van der Waals surface area (Å²) in [5.74, 6) is 0.319. The Morgan fingerprint density at radius 3 is 0.875 bits per heavy atom. The zero-order valence-electron chi connectivity index (χ0n) is 27.8. The molecule has 0 aromatic rings. The zero-order valence-corrected chi connectivity index (χ0v) is 27.8. The zero-order chi connectivity index (χ0) is 29.0. The number of rotatable bonds is 34. The maximum absolute atomic E-state index is 11.5. The van der Waals surface area contributed by atoms with Crippen molar-refractivity contribution >= 4 is 6.29 Å². The third-order valence-corrected chi connectivity index (χ3v) is 8.62. The summed E-state index contributed by atoms with van der Waals surface area (Å²) in [7, 11) is 0. The minimum absolute atomic E-state index is 0.319. The van der Waals surface area contributed by atoms with Gasteiger partial charge in [0, 0.05) is 5.92 Å². The van der Waals surface area contributed by atoms with Gasteiger partial charge in [0.15, 0.2) is 0 Å². The molecule has 0 amide bonds. The highest BCUT2D eigenvalue weighted by atomic mass is 16.1. The summed E-state index contributed by atoms with van der Waals surface area (Å²) in [6, 6.07) is 0. The second kappa shape index (κ2) is 36.2. The highest BCUT2D eigenvalue weighted by Gasteiger charge is 2.06. The first-order valence-corrected chi connectivity index (χ1v) is 18.6. The molecule has 0 aliphatic heterocycles. The molecule has 0 saturated heterocycles. The second-order valence-corrected chi connectivity index (χ2v) is 12.7. The van der Waals surface area contributed by atoms with E-state index in [9.17, 15) is 4.79 Å². The number of hydrogen-bond acceptors (Lipinski definition) is 1. The molecule has 0 aromatic heterocycles. The van der Waals surface area contributed by atoms with E-state index in [1.54, 1.807) is 0 Å². The number of aldehydes is 1. The van der Waals surface area contributed by atoms with Gasteiger partial charge in [0.05, 0.1) is 0 Å². The molecule has 1 atom stereocenters. The molecule has 1 nitrogen and oxygen atoms in total. The number of carbonyl (C=O) groups is 1. The normalized spacial score (nSPS) is 12.7. The van der Waals surface area contributed by atoms with Crippen LogP contribution in [0.5, 0.6) is 0 Å². The fraction of sp³-hybridized carbons (Fsp3) is 0.872. The van der Waals surface area contributed by atoms with Crippen LogP contribution in [0.25, 0.3) is 0 Å². The molecule has 1 heteroatoms. The summed E-state index contributed by atoms with van der Waals surface area (Å²) in [5.41, 5.74) is 0. The number of allylic oxidation sites excluding steroid dienone is 4. The standard InChI is InChI=1S/C39H74O/c1-3-5-7-9-11-13-15-17-19-21-23-25-27-29-31-33-35-37-39(38-40)36-34-32-30-28-26-24-22-20-18-16-14-12-10-8-6-4-2/h17-20,38-39H,3-16,21-37H2,1-2H3/b19-17-,20-18-. The third-order valence-electron chi connectivity index (χ3n) is 8.62. The van der Waals surface area contributed by atoms with Crippen LogP contribution in [-0.2, 0) is 4.79 Å². The lowest BCUT2D eigenvalue weighted by Crippen LogP contribution is -2.02. The van der Waals surface area contributed by atoms with Gasteiger partial charge in [-0.2, -0.15) is 0 Å². The Hall–Kier alpha value is -0.850. The van der Waals surface area contributed by atoms with Crippen molar-refractivity contribution in [3.05, 3.63) is 24.3 Å². The van der Waals surface area contributed by atoms with Crippen molar-refractivity contribution < 1.29 is 4.79 Å². The van der Waals surface area contributed by atoms with E-state index in [-0.39, 0.29) is 0 Å². The van der Waals surface area contributed by atoms with Crippen molar-refractivity contribution in [3.63, 3.8) is 0 Å². The van der Waals surface area contributed by atoms with Gasteiger partial charge in [0.25, 0.3) is 0 Å². The molecule has 0 N–H and O–H groups in total. The van der Waals surface area contributed by atoms with E-state index in [0.29, 0.717) is 5.92 Å². The molecule has 0 aromatic carbocycles. The Balaban J connectivity index is 3.34. The van der Waals surface area contributed by atoms with E-state index in [2.05, 4.69) is 38.2 Å². The Morgan fingerprint density at radius 2 is 0.600 bits per heavy atom. The number of hydrogen-bond donors (Lipinski definition) is 0. The van der Waals surface area contributed by atoms with Gasteiger partial charge in [-0.25, -0.2) is 0 Å². The quantitative estimate of drug-likeness (QED) is 0.0436. The van der Waals surface area contributed by atoms with Crippen molar-refractivity contribution in [3.8, 4) is 0 Å². The Labute approximate surface area is 253 Å². The lowest BCUT2D eigenvalue weighted by Gasteiger charge is -2.10. The van der Waals surface area contributed by atoms with Crippen molar-refractivity contribution in [1.29, 1.82) is 0 Å². The third kappa shape index (κ3) is 33.4. The molecule has 0 bridgehead atoms. The van der Waals surface area contributed by atoms with Gasteiger partial charge >= 0.3 is 0 Å². The largest absolute Gasteiger partial charge is 0.303 e. The molecule has 0 radical (unpaired) electrons. The van der Waals surface area contributed by atoms with Gasteiger partial charge in [-0.3, -0.25) is 0 Å². The summed E-state index contributed by atoms with van der Waals surface area (Å²) in [6.45, 7) is 4.57. The first kappa shape index (κ1) is 39.1. The van der Waals surface area contributed by atoms with E-state index in [4.69, 9.17) is 0 Å². The molecule has 0 aliphatic carbocycles. The molecule has 0 aliphatic rings. The highest BCUT2D eigenvalue weighted by molar-refractivity contribution is 5.53. The van der Waals surface area contributed by atoms with E-state index >= 15 is 0 Å². The van der Waals surface area contributed by atoms with Gasteiger partial charge in [0.1, 0.15) is 6.29 Å². The minimum atomic E-state index is 0.319. The topological polar surface area (TPSA) is 17.1 Å². The summed E-state index contributed by atoms with van der Waals surface area (Å²) in [4.78, 5) is 11.5. The number of unbranched alkanes of at least 4 members (excludes halogenated alkanes) is 25. The van der Waals surface area contributed by atoms with Crippen LogP contribution in [0.3, 0.4) is 0 Å². The summed E-state index contributed by atoms with van der Waals surface area (Å²) < 4.78 is 0. The SMILES string of the molecule is CCCCCCCC/C=C\CCCCCCCCCC(C=O)CCCCCCCC/C=C\CCCCCCCC. The van der Waals surface area contributed by atoms with Crippen LogP contribution in [0.1, 0.15) is 213 Å². The monoisotopic (exact) mass is 559 g/mol. The molecule has 40 heavy (non-hydrogen) atoms. The molecule has 0 spiro atoms. The minimum Gasteiger partial charge on any atom is -0.303 e. The van der Waals surface area contributed by atoms with Crippen molar-refractivity contribution in [2.24, 2.45) is 5.92 Å². The van der Waals surface area contributed by atoms with Crippen LogP contribution in [-0.4, -0.2) is 6.29 Å². The average Bonchev–Trinajstić information content (AvgIpc) is 2.97. The Bertz CT molecular complexity index is 519.